The molecule has 0 unspecified atom stereocenters. The van der Waals surface area contributed by atoms with Crippen molar-refractivity contribution in [1.82, 2.24) is 14.8 Å². The number of rotatable bonds is 1. The van der Waals surface area contributed by atoms with Gasteiger partial charge in [-0.25, -0.2) is 0 Å². The molecule has 3 nitrogen and oxygen atoms in total. The second-order valence-corrected chi connectivity index (χ2v) is 4.33. The predicted molar refractivity (Wildman–Crippen MR) is 71.0 cm³/mol. The zero-order valence-corrected chi connectivity index (χ0v) is 10.2. The standard InChI is InChI=1S/C13H11N3S/c1-9-14-15-13(17)16(9)12-7-6-10-4-2-3-5-11(10)8-12/h2-8H,1H3,(H,15,17). The molecule has 1 heterocycles. The van der Waals surface area contributed by atoms with Crippen molar-refractivity contribution in [3.63, 3.8) is 0 Å². The van der Waals surface area contributed by atoms with Gasteiger partial charge in [0.15, 0.2) is 4.77 Å². The number of fused-ring (bicyclic) bond motifs is 1. The summed E-state index contributed by atoms with van der Waals surface area (Å²) in [5.74, 6) is 0.866. The lowest BCUT2D eigenvalue weighted by molar-refractivity contribution is 0.965. The Balaban J connectivity index is 2.29. The number of hydrogen-bond donors (Lipinski definition) is 1. The van der Waals surface area contributed by atoms with Gasteiger partial charge < -0.3 is 0 Å². The van der Waals surface area contributed by atoms with Crippen LogP contribution in [-0.2, 0) is 0 Å². The van der Waals surface area contributed by atoms with E-state index in [9.17, 15) is 0 Å². The van der Waals surface area contributed by atoms with Gasteiger partial charge in [-0.2, -0.15) is 5.10 Å². The highest BCUT2D eigenvalue weighted by Gasteiger charge is 2.04. The molecule has 0 aliphatic heterocycles. The van der Waals surface area contributed by atoms with Gasteiger partial charge in [-0.3, -0.25) is 9.67 Å². The van der Waals surface area contributed by atoms with Gasteiger partial charge in [-0.05, 0) is 42.0 Å². The van der Waals surface area contributed by atoms with Crippen molar-refractivity contribution < 1.29 is 0 Å². The quantitative estimate of drug-likeness (QED) is 0.662. The maximum absolute atomic E-state index is 5.22. The van der Waals surface area contributed by atoms with Gasteiger partial charge >= 0.3 is 0 Å². The normalized spacial score (nSPS) is 10.9. The third-order valence-corrected chi connectivity index (χ3v) is 3.11. The average molecular weight is 241 g/mol. The van der Waals surface area contributed by atoms with Gasteiger partial charge in [0, 0.05) is 0 Å². The molecule has 1 N–H and O–H groups in total. The number of aromatic amines is 1. The number of H-pyrrole nitrogens is 1. The van der Waals surface area contributed by atoms with Crippen LogP contribution >= 0.6 is 12.2 Å². The molecule has 3 aromatic rings. The molecule has 0 atom stereocenters. The van der Waals surface area contributed by atoms with Gasteiger partial charge in [0.2, 0.25) is 0 Å². The Morgan fingerprint density at radius 1 is 1.12 bits per heavy atom. The topological polar surface area (TPSA) is 33.6 Å². The Morgan fingerprint density at radius 2 is 1.88 bits per heavy atom. The summed E-state index contributed by atoms with van der Waals surface area (Å²) in [4.78, 5) is 0. The Morgan fingerprint density at radius 3 is 2.59 bits per heavy atom. The average Bonchev–Trinajstić information content (AvgIpc) is 2.68. The Hall–Kier alpha value is -1.94. The molecule has 1 aromatic heterocycles. The number of aromatic nitrogens is 3. The molecule has 0 saturated heterocycles. The molecule has 0 bridgehead atoms. The first-order chi connectivity index (χ1) is 8.25. The van der Waals surface area contributed by atoms with E-state index in [1.165, 1.54) is 10.8 Å². The summed E-state index contributed by atoms with van der Waals surface area (Å²) < 4.78 is 2.56. The van der Waals surface area contributed by atoms with Crippen LogP contribution in [0.15, 0.2) is 42.5 Å². The third-order valence-electron chi connectivity index (χ3n) is 2.83. The summed E-state index contributed by atoms with van der Waals surface area (Å²) in [6.45, 7) is 1.93. The highest BCUT2D eigenvalue weighted by Crippen LogP contribution is 2.19. The van der Waals surface area contributed by atoms with E-state index >= 15 is 0 Å². The molecule has 0 fully saturated rings. The van der Waals surface area contributed by atoms with E-state index in [0.717, 1.165) is 11.5 Å². The van der Waals surface area contributed by atoms with Crippen LogP contribution in [0.5, 0.6) is 0 Å². The molecule has 0 aliphatic rings. The van der Waals surface area contributed by atoms with Crippen LogP contribution in [0.2, 0.25) is 0 Å². The fourth-order valence-corrected chi connectivity index (χ4v) is 2.28. The Bertz CT molecular complexity index is 740. The summed E-state index contributed by atoms with van der Waals surface area (Å²) in [5.41, 5.74) is 1.04. The largest absolute Gasteiger partial charge is 0.272 e. The second-order valence-electron chi connectivity index (χ2n) is 3.94. The molecule has 84 valence electrons. The molecule has 0 saturated carbocycles. The number of hydrogen-bond acceptors (Lipinski definition) is 2. The number of nitrogens with one attached hydrogen (secondary N) is 1. The summed E-state index contributed by atoms with van der Waals surface area (Å²) in [6.07, 6.45) is 0. The first kappa shape index (κ1) is 10.2. The molecular formula is C13H11N3S. The van der Waals surface area contributed by atoms with E-state index < -0.39 is 0 Å². The maximum atomic E-state index is 5.22. The van der Waals surface area contributed by atoms with Crippen LogP contribution in [0.25, 0.3) is 16.5 Å². The molecule has 2 aromatic carbocycles. The van der Waals surface area contributed by atoms with Crippen LogP contribution < -0.4 is 0 Å². The van der Waals surface area contributed by atoms with Gasteiger partial charge in [-0.1, -0.05) is 30.3 Å². The molecule has 4 heteroatoms. The van der Waals surface area contributed by atoms with Crippen LogP contribution in [-0.4, -0.2) is 14.8 Å². The van der Waals surface area contributed by atoms with Gasteiger partial charge in [-0.15, -0.1) is 0 Å². The smallest absolute Gasteiger partial charge is 0.199 e. The number of aryl methyl sites for hydroxylation is 1. The van der Waals surface area contributed by atoms with Gasteiger partial charge in [0.1, 0.15) is 5.82 Å². The molecule has 0 amide bonds. The SMILES string of the molecule is Cc1n[nH]c(=S)n1-c1ccc2ccccc2c1. The van der Waals surface area contributed by atoms with Crippen molar-refractivity contribution in [2.75, 3.05) is 0 Å². The van der Waals surface area contributed by atoms with Gasteiger partial charge in [0.05, 0.1) is 5.69 Å². The van der Waals surface area contributed by atoms with Crippen LogP contribution in [0.1, 0.15) is 5.82 Å². The minimum absolute atomic E-state index is 0.623. The number of benzene rings is 2. The highest BCUT2D eigenvalue weighted by molar-refractivity contribution is 7.71. The fraction of sp³-hybridized carbons (Fsp3) is 0.0769. The summed E-state index contributed by atoms with van der Waals surface area (Å²) in [7, 11) is 0. The van der Waals surface area contributed by atoms with Crippen molar-refractivity contribution in [1.29, 1.82) is 0 Å². The lowest BCUT2D eigenvalue weighted by Crippen LogP contribution is -1.96. The summed E-state index contributed by atoms with van der Waals surface area (Å²) >= 11 is 5.22. The van der Waals surface area contributed by atoms with E-state index in [2.05, 4.69) is 40.5 Å². The molecule has 3 rings (SSSR count). The predicted octanol–water partition coefficient (Wildman–Crippen LogP) is 3.39. The lowest BCUT2D eigenvalue weighted by Gasteiger charge is -2.05. The van der Waals surface area contributed by atoms with E-state index in [1.54, 1.807) is 0 Å². The fourth-order valence-electron chi connectivity index (χ4n) is 2.00. The van der Waals surface area contributed by atoms with Crippen LogP contribution in [0.3, 0.4) is 0 Å². The first-order valence-electron chi connectivity index (χ1n) is 5.39. The number of nitrogens with zero attached hydrogens (tertiary/aromatic N) is 2. The monoisotopic (exact) mass is 241 g/mol. The summed E-state index contributed by atoms with van der Waals surface area (Å²) in [6, 6.07) is 14.5. The minimum atomic E-state index is 0.623. The highest BCUT2D eigenvalue weighted by atomic mass is 32.1. The molecule has 17 heavy (non-hydrogen) atoms. The maximum Gasteiger partial charge on any atom is 0.199 e. The first-order valence-corrected chi connectivity index (χ1v) is 5.80. The zero-order chi connectivity index (χ0) is 11.8. The molecular weight excluding hydrogens is 230 g/mol. The second kappa shape index (κ2) is 3.82. The molecule has 0 radical (unpaired) electrons. The lowest BCUT2D eigenvalue weighted by atomic mass is 10.1. The third kappa shape index (κ3) is 1.66. The molecule has 0 spiro atoms. The van der Waals surface area contributed by atoms with Crippen molar-refractivity contribution in [3.8, 4) is 5.69 Å². The van der Waals surface area contributed by atoms with Crippen molar-refractivity contribution >= 4 is 23.0 Å². The van der Waals surface area contributed by atoms with E-state index in [-0.39, 0.29) is 0 Å². The van der Waals surface area contributed by atoms with Crippen molar-refractivity contribution in [2.45, 2.75) is 6.92 Å². The van der Waals surface area contributed by atoms with Crippen LogP contribution in [0, 0.1) is 11.7 Å². The van der Waals surface area contributed by atoms with Crippen molar-refractivity contribution in [2.24, 2.45) is 0 Å². The summed E-state index contributed by atoms with van der Waals surface area (Å²) in [5, 5.41) is 9.34. The molecule has 0 aliphatic carbocycles. The Labute approximate surface area is 104 Å². The Kier molecular flexibility index (Phi) is 2.30. The van der Waals surface area contributed by atoms with E-state index in [4.69, 9.17) is 12.2 Å². The zero-order valence-electron chi connectivity index (χ0n) is 9.34. The van der Waals surface area contributed by atoms with E-state index in [0.29, 0.717) is 4.77 Å². The van der Waals surface area contributed by atoms with Crippen LogP contribution in [0.4, 0.5) is 0 Å². The minimum Gasteiger partial charge on any atom is -0.272 e. The van der Waals surface area contributed by atoms with E-state index in [1.807, 2.05) is 23.6 Å². The van der Waals surface area contributed by atoms with Crippen molar-refractivity contribution in [3.05, 3.63) is 53.1 Å². The van der Waals surface area contributed by atoms with Gasteiger partial charge in [0.25, 0.3) is 0 Å².